The maximum Gasteiger partial charge on any atom is 0.202 e. The van der Waals surface area contributed by atoms with Crippen molar-refractivity contribution in [2.45, 2.75) is 0 Å². The van der Waals surface area contributed by atoms with E-state index in [0.29, 0.717) is 56.4 Å². The van der Waals surface area contributed by atoms with E-state index in [9.17, 15) is 15.8 Å². The first kappa shape index (κ1) is 94.0. The molecule has 3 aromatic heterocycles. The van der Waals surface area contributed by atoms with E-state index in [-0.39, 0.29) is 0 Å². The van der Waals surface area contributed by atoms with Crippen molar-refractivity contribution >= 4 is 186 Å². The van der Waals surface area contributed by atoms with Gasteiger partial charge in [0.2, 0.25) is 5.69 Å². The van der Waals surface area contributed by atoms with E-state index in [1.54, 1.807) is 0 Å². The van der Waals surface area contributed by atoms with E-state index < -0.39 is 24.2 Å². The van der Waals surface area contributed by atoms with Gasteiger partial charge in [-0.3, -0.25) is 14.5 Å². The molecule has 0 aliphatic carbocycles. The fourth-order valence-corrected chi connectivity index (χ4v) is 36.9. The van der Waals surface area contributed by atoms with Gasteiger partial charge in [-0.25, -0.2) is 14.5 Å². The minimum absolute atomic E-state index is 0.343. The largest absolute Gasteiger partial charge is 0.309 e. The monoisotopic (exact) mass is 1960 g/mol. The third kappa shape index (κ3) is 16.4. The maximum absolute atomic E-state index is 9.62. The number of benzene rings is 21. The van der Waals surface area contributed by atoms with Crippen LogP contribution >= 0.6 is 0 Å². The molecule has 24 rings (SSSR count). The van der Waals surface area contributed by atoms with E-state index in [2.05, 4.69) is 382 Å². The summed E-state index contributed by atoms with van der Waals surface area (Å²) in [5, 5.41) is 49.2. The van der Waals surface area contributed by atoms with Crippen LogP contribution in [0.5, 0.6) is 0 Å². The van der Waals surface area contributed by atoms with Crippen molar-refractivity contribution < 1.29 is 0 Å². The highest BCUT2D eigenvalue weighted by molar-refractivity contribution is 7.21. The summed E-state index contributed by atoms with van der Waals surface area (Å²) in [7, 11) is -8.83. The molecule has 0 atom stereocenters. The Bertz CT molecular complexity index is 9500. The molecule has 0 radical (unpaired) electrons. The molecule has 150 heavy (non-hydrogen) atoms. The first-order chi connectivity index (χ1) is 74.0. The number of aromatic nitrogens is 3. The Hall–Kier alpha value is -20.9. The molecule has 0 unspecified atom stereocenters. The van der Waals surface area contributed by atoms with Gasteiger partial charge in [-0.05, 0) is 189 Å². The third-order valence-electron chi connectivity index (χ3n) is 28.9. The maximum atomic E-state index is 9.62. The molecule has 0 saturated heterocycles. The van der Waals surface area contributed by atoms with Crippen molar-refractivity contribution in [1.82, 2.24) is 13.7 Å². The summed E-state index contributed by atoms with van der Waals surface area (Å²) in [5.41, 5.74) is 18.2. The van der Waals surface area contributed by atoms with Crippen LogP contribution in [0.15, 0.2) is 510 Å². The SMILES string of the molecule is [C-]#[N+]c1cc(-c2ccc(-n3c4ccccc4c4cc(C#N)ccc43)cc2)c([Si](c2ccccc2)(c2ccccc2)c2ccccc2)cc1[N+]#[C-].[C-]#[N+]c1cc([Si](c2ccccc2)(c2ccccc2)c2ccccc2)cc(-c2ccc(-n3c4ccccc4c4cc(C#N)ccc43)cc2)c1[N+]#[C-].[C-]#[N+]c1cc([Si](c2ccccc2)(c2ccccc2)c2ccccc2)ccc1-c1cc(-n2c3ccccc3c3cc(C#N)ccc32)ccc1[N+]#[C-]. The van der Waals surface area contributed by atoms with Gasteiger partial charge < -0.3 is 13.7 Å². The number of nitriles is 3. The van der Waals surface area contributed by atoms with Crippen LogP contribution in [-0.2, 0) is 0 Å². The summed E-state index contributed by atoms with van der Waals surface area (Å²) < 4.78 is 6.62. The lowest BCUT2D eigenvalue weighted by atomic mass is 10.0. The summed E-state index contributed by atoms with van der Waals surface area (Å²) >= 11 is 0. The molecular weight excluding hydrogens is 1870 g/mol. The minimum atomic E-state index is -3.04. The van der Waals surface area contributed by atoms with E-state index in [4.69, 9.17) is 39.4 Å². The Morgan fingerprint density at radius 3 is 0.813 bits per heavy atom. The van der Waals surface area contributed by atoms with Crippen LogP contribution in [0.3, 0.4) is 0 Å². The summed E-state index contributed by atoms with van der Waals surface area (Å²) in [6, 6.07) is 182. The Balaban J connectivity index is 0.000000127. The lowest BCUT2D eigenvalue weighted by Crippen LogP contribution is -2.75. The van der Waals surface area contributed by atoms with Crippen LogP contribution < -0.4 is 62.2 Å². The normalized spacial score (nSPS) is 11.1. The van der Waals surface area contributed by atoms with Crippen LogP contribution in [-0.4, -0.2) is 37.9 Å². The van der Waals surface area contributed by atoms with Crippen LogP contribution in [0.4, 0.5) is 34.1 Å². The van der Waals surface area contributed by atoms with Crippen LogP contribution in [0.1, 0.15) is 16.7 Å². The fraction of sp³-hybridized carbons (Fsp3) is 0. The topological polar surface area (TPSA) is 112 Å². The highest BCUT2D eigenvalue weighted by Crippen LogP contribution is 2.45. The minimum Gasteiger partial charge on any atom is -0.309 e. The number of nitrogens with zero attached hydrogens (tertiary/aromatic N) is 12. The van der Waals surface area contributed by atoms with Gasteiger partial charge in [0, 0.05) is 49.4 Å². The molecule has 0 amide bonds. The van der Waals surface area contributed by atoms with E-state index in [0.717, 1.165) is 126 Å². The van der Waals surface area contributed by atoms with Crippen LogP contribution in [0, 0.1) is 73.4 Å². The number of hydrogen-bond acceptors (Lipinski definition) is 3. The van der Waals surface area contributed by atoms with Crippen molar-refractivity contribution in [3.05, 3.63) is 595 Å². The molecule has 0 aliphatic rings. The zero-order valence-electron chi connectivity index (χ0n) is 80.9. The predicted octanol–water partition coefficient (Wildman–Crippen LogP) is 26.4. The van der Waals surface area contributed by atoms with Crippen LogP contribution in [0.2, 0.25) is 0 Å². The third-order valence-corrected chi connectivity index (χ3v) is 43.2. The van der Waals surface area contributed by atoms with E-state index in [1.807, 2.05) is 188 Å². The average molecular weight is 1960 g/mol. The van der Waals surface area contributed by atoms with E-state index >= 15 is 0 Å². The van der Waals surface area contributed by atoms with Gasteiger partial charge >= 0.3 is 0 Å². The highest BCUT2D eigenvalue weighted by atomic mass is 28.3. The summed E-state index contributed by atoms with van der Waals surface area (Å²) in [6.07, 6.45) is 0. The second-order valence-corrected chi connectivity index (χ2v) is 48.0. The first-order valence-corrected chi connectivity index (χ1v) is 54.9. The number of hydrogen-bond donors (Lipinski definition) is 0. The van der Waals surface area contributed by atoms with Crippen molar-refractivity contribution in [2.75, 3.05) is 0 Å². The van der Waals surface area contributed by atoms with Crippen molar-refractivity contribution in [1.29, 1.82) is 15.8 Å². The predicted molar refractivity (Wildman–Crippen MR) is 621 cm³/mol. The molecular formula is C135H84N12Si3. The second kappa shape index (κ2) is 40.8. The van der Waals surface area contributed by atoms with Gasteiger partial charge in [-0.2, -0.15) is 15.8 Å². The second-order valence-electron chi connectivity index (χ2n) is 36.6. The number of rotatable bonds is 18. The van der Waals surface area contributed by atoms with Gasteiger partial charge in [-0.15, -0.1) is 0 Å². The fourth-order valence-electron chi connectivity index (χ4n) is 22.3. The van der Waals surface area contributed by atoms with Gasteiger partial charge in [-0.1, -0.05) is 416 Å². The van der Waals surface area contributed by atoms with Gasteiger partial charge in [0.1, 0.15) is 0 Å². The lowest BCUT2D eigenvalue weighted by molar-refractivity contribution is 1.18. The van der Waals surface area contributed by atoms with E-state index in [1.165, 1.54) is 46.7 Å². The molecule has 3 heterocycles. The summed E-state index contributed by atoms with van der Waals surface area (Å²) in [5.74, 6) is 0. The standard InChI is InChI=1S/3C45H28N4Si/c1-47-42-26-23-33(49-44-21-13-12-20-39(44)41-28-32(31-46)22-27-45(41)49)29-40(42)38-25-24-37(30-43(38)48-2)50(34-14-6-3-7-15-34,35-16-8-4-9-17-35)36-18-10-5-11-19-36;1-47-42-30-38(50(35-14-6-3-7-15-35,36-16-8-4-9-17-36)37-18-10-5-11-19-37)29-40(45(42)48-2)33-23-25-34(26-24-33)49-43-21-13-12-20-39(43)41-28-32(31-46)22-27-44(41)49;1-47-41-29-39(33-23-25-34(26-24-33)49-43-21-13-12-20-38(43)40-28-32(31-46)22-27-44(40)49)45(30-42(41)48-2)50(35-14-6-3-7-15-35,36-16-8-4-9-17-36)37-18-10-5-11-19-37/h3*3-30H. The molecule has 0 bridgehead atoms. The quantitative estimate of drug-likeness (QED) is 0.0484. The van der Waals surface area contributed by atoms with Gasteiger partial charge in [0.25, 0.3) is 0 Å². The molecule has 21 aromatic carbocycles. The zero-order chi connectivity index (χ0) is 102. The molecule has 0 spiro atoms. The van der Waals surface area contributed by atoms with Gasteiger partial charge in [0.15, 0.2) is 52.7 Å². The molecule has 0 aliphatic heterocycles. The first-order valence-electron chi connectivity index (χ1n) is 48.9. The molecule has 24 aromatic rings. The molecule has 0 N–H and O–H groups in total. The zero-order valence-corrected chi connectivity index (χ0v) is 83.9. The molecule has 0 saturated carbocycles. The number of fused-ring (bicyclic) bond motifs is 9. The molecule has 12 nitrogen and oxygen atoms in total. The Labute approximate surface area is 872 Å². The molecule has 15 heteroatoms. The molecule has 696 valence electrons. The van der Waals surface area contributed by atoms with Gasteiger partial charge in [0.05, 0.1) is 107 Å². The Morgan fingerprint density at radius 1 is 0.180 bits per heavy atom. The number of para-hydroxylation sites is 3. The van der Waals surface area contributed by atoms with Crippen molar-refractivity contribution in [2.24, 2.45) is 0 Å². The lowest BCUT2D eigenvalue weighted by Gasteiger charge is -2.36. The van der Waals surface area contributed by atoms with Crippen molar-refractivity contribution in [3.63, 3.8) is 0 Å². The smallest absolute Gasteiger partial charge is 0.202 e. The Kier molecular flexibility index (Phi) is 25.6. The van der Waals surface area contributed by atoms with Crippen LogP contribution in [0.25, 0.3) is 145 Å². The summed E-state index contributed by atoms with van der Waals surface area (Å²) in [6.45, 7) is 49.2. The van der Waals surface area contributed by atoms with Crippen molar-refractivity contribution in [3.8, 4) is 68.7 Å². The average Bonchev–Trinajstić information content (AvgIpc) is 1.10. The Morgan fingerprint density at radius 2 is 0.473 bits per heavy atom. The molecule has 0 fully saturated rings. The highest BCUT2D eigenvalue weighted by Gasteiger charge is 2.46. The summed E-state index contributed by atoms with van der Waals surface area (Å²) in [4.78, 5) is 23.7.